The first-order valence-corrected chi connectivity index (χ1v) is 14.4. The molecule has 1 aromatic carbocycles. The van der Waals surface area contributed by atoms with Crippen LogP contribution in [-0.2, 0) is 25.4 Å². The fourth-order valence-corrected chi connectivity index (χ4v) is 5.70. The third-order valence-electron chi connectivity index (χ3n) is 6.06. The van der Waals surface area contributed by atoms with E-state index in [2.05, 4.69) is 33.9 Å². The van der Waals surface area contributed by atoms with Crippen molar-refractivity contribution in [3.63, 3.8) is 0 Å². The number of non-ortho nitro benzene ring substituents is 1. The molecule has 0 spiro atoms. The van der Waals surface area contributed by atoms with Crippen molar-refractivity contribution in [1.29, 1.82) is 0 Å². The molecule has 0 saturated carbocycles. The Bertz CT molecular complexity index is 824. The monoisotopic (exact) mass is 468 g/mol. The number of nitro benzene ring substituents is 1. The maximum atomic E-state index is 12.8. The third-order valence-corrected chi connectivity index (χ3v) is 11.7. The first-order chi connectivity index (χ1) is 14.3. The summed E-state index contributed by atoms with van der Waals surface area (Å²) in [5, 5.41) is 10.6. The average Bonchev–Trinajstić information content (AvgIpc) is 2.67. The SMILES string of the molecule is CS[C@@H]1[C@@H]([C@@H](C)O[Si](C)(C)C(C)(C)C)C(=O)N1CC(=O)OCc1ccc([N+](=O)[O-])cc1. The Kier molecular flexibility index (Phi) is 7.93. The number of thioether (sulfide) groups is 1. The van der Waals surface area contributed by atoms with E-state index in [0.29, 0.717) is 5.56 Å². The molecule has 1 aromatic rings. The molecule has 10 heteroatoms. The van der Waals surface area contributed by atoms with Gasteiger partial charge in [-0.15, -0.1) is 11.8 Å². The maximum absolute atomic E-state index is 12.8. The molecule has 8 nitrogen and oxygen atoms in total. The summed E-state index contributed by atoms with van der Waals surface area (Å²) in [6, 6.07) is 5.81. The zero-order valence-electron chi connectivity index (χ0n) is 19.2. The lowest BCUT2D eigenvalue weighted by atomic mass is 9.93. The first kappa shape index (κ1) is 25.3. The fraction of sp³-hybridized carbons (Fsp3) is 0.619. The molecule has 0 bridgehead atoms. The zero-order valence-corrected chi connectivity index (χ0v) is 21.0. The number of carbonyl (C=O) groups excluding carboxylic acids is 2. The molecule has 1 heterocycles. The van der Waals surface area contributed by atoms with E-state index in [1.54, 1.807) is 12.1 Å². The minimum Gasteiger partial charge on any atom is -0.459 e. The number of esters is 1. The predicted molar refractivity (Wildman–Crippen MR) is 123 cm³/mol. The number of β-lactam (4-membered cyclic amide) rings is 1. The summed E-state index contributed by atoms with van der Waals surface area (Å²) in [4.78, 5) is 36.8. The van der Waals surface area contributed by atoms with Gasteiger partial charge >= 0.3 is 5.97 Å². The van der Waals surface area contributed by atoms with E-state index in [4.69, 9.17) is 9.16 Å². The third kappa shape index (κ3) is 5.87. The van der Waals surface area contributed by atoms with Gasteiger partial charge in [-0.1, -0.05) is 20.8 Å². The van der Waals surface area contributed by atoms with Crippen LogP contribution in [0.4, 0.5) is 5.69 Å². The maximum Gasteiger partial charge on any atom is 0.326 e. The van der Waals surface area contributed by atoms with Crippen LogP contribution in [0.2, 0.25) is 18.1 Å². The molecule has 0 N–H and O–H groups in total. The van der Waals surface area contributed by atoms with Gasteiger partial charge in [-0.25, -0.2) is 0 Å². The number of nitrogens with zero attached hydrogens (tertiary/aromatic N) is 2. The van der Waals surface area contributed by atoms with Gasteiger partial charge < -0.3 is 14.1 Å². The van der Waals surface area contributed by atoms with Crippen molar-refractivity contribution < 1.29 is 23.7 Å². The topological polar surface area (TPSA) is 99.0 Å². The molecular formula is C21H32N2O6SSi. The molecule has 31 heavy (non-hydrogen) atoms. The van der Waals surface area contributed by atoms with Crippen molar-refractivity contribution in [3.8, 4) is 0 Å². The van der Waals surface area contributed by atoms with Crippen LogP contribution >= 0.6 is 11.8 Å². The molecule has 1 fully saturated rings. The van der Waals surface area contributed by atoms with Crippen molar-refractivity contribution in [2.45, 2.75) is 63.9 Å². The summed E-state index contributed by atoms with van der Waals surface area (Å²) in [5.41, 5.74) is 0.619. The van der Waals surface area contributed by atoms with Crippen LogP contribution < -0.4 is 0 Å². The van der Waals surface area contributed by atoms with E-state index < -0.39 is 19.2 Å². The molecule has 0 aliphatic carbocycles. The van der Waals surface area contributed by atoms with Crippen LogP contribution in [0.5, 0.6) is 0 Å². The van der Waals surface area contributed by atoms with E-state index in [9.17, 15) is 19.7 Å². The Morgan fingerprint density at radius 3 is 2.35 bits per heavy atom. The molecular weight excluding hydrogens is 436 g/mol. The summed E-state index contributed by atoms with van der Waals surface area (Å²) in [5.74, 6) is -0.897. The van der Waals surface area contributed by atoms with Gasteiger partial charge in [0.05, 0.1) is 22.3 Å². The Morgan fingerprint density at radius 1 is 1.29 bits per heavy atom. The minimum atomic E-state index is -2.01. The van der Waals surface area contributed by atoms with Crippen LogP contribution in [0.25, 0.3) is 0 Å². The number of rotatable bonds is 9. The standard InChI is InChI=1S/C21H32N2O6SSi/c1-14(29-31(6,7)21(2,3)4)18-19(25)22(20(18)30-5)12-17(24)28-13-15-8-10-16(11-9-15)23(26)27/h8-11,14,18,20H,12-13H2,1-7H3/t14-,18+,20-/m1/s1. The van der Waals surface area contributed by atoms with Crippen molar-refractivity contribution in [2.24, 2.45) is 5.92 Å². The van der Waals surface area contributed by atoms with E-state index in [0.717, 1.165) is 0 Å². The molecule has 0 unspecified atom stereocenters. The van der Waals surface area contributed by atoms with Crippen molar-refractivity contribution in [1.82, 2.24) is 4.90 Å². The highest BCUT2D eigenvalue weighted by molar-refractivity contribution is 7.99. The minimum absolute atomic E-state index is 0.00287. The van der Waals surface area contributed by atoms with Gasteiger partial charge in [0.25, 0.3) is 5.69 Å². The number of nitro groups is 1. The van der Waals surface area contributed by atoms with Gasteiger partial charge in [0.15, 0.2) is 8.32 Å². The van der Waals surface area contributed by atoms with Crippen molar-refractivity contribution in [2.75, 3.05) is 12.8 Å². The largest absolute Gasteiger partial charge is 0.459 e. The Morgan fingerprint density at radius 2 is 1.87 bits per heavy atom. The van der Waals surface area contributed by atoms with E-state index in [-0.39, 0.29) is 47.2 Å². The van der Waals surface area contributed by atoms with Crippen molar-refractivity contribution >= 4 is 37.6 Å². The predicted octanol–water partition coefficient (Wildman–Crippen LogP) is 4.20. The average molecular weight is 469 g/mol. The van der Waals surface area contributed by atoms with Gasteiger partial charge in [0.1, 0.15) is 13.2 Å². The molecule has 1 aliphatic heterocycles. The quantitative estimate of drug-likeness (QED) is 0.176. The van der Waals surface area contributed by atoms with Crippen LogP contribution in [0.1, 0.15) is 33.3 Å². The fourth-order valence-electron chi connectivity index (χ4n) is 3.20. The summed E-state index contributed by atoms with van der Waals surface area (Å²) in [6.45, 7) is 12.6. The smallest absolute Gasteiger partial charge is 0.326 e. The summed E-state index contributed by atoms with van der Waals surface area (Å²) in [7, 11) is -2.01. The lowest BCUT2D eigenvalue weighted by Crippen LogP contribution is -2.65. The van der Waals surface area contributed by atoms with Crippen LogP contribution in [-0.4, -0.2) is 54.3 Å². The molecule has 0 radical (unpaired) electrons. The number of benzene rings is 1. The Labute approximate surface area is 188 Å². The van der Waals surface area contributed by atoms with Crippen LogP contribution in [0.15, 0.2) is 24.3 Å². The number of ether oxygens (including phenoxy) is 1. The van der Waals surface area contributed by atoms with Gasteiger partial charge in [-0.3, -0.25) is 19.7 Å². The second kappa shape index (κ2) is 9.70. The van der Waals surface area contributed by atoms with E-state index in [1.165, 1.54) is 28.8 Å². The summed E-state index contributed by atoms with van der Waals surface area (Å²) >= 11 is 1.52. The highest BCUT2D eigenvalue weighted by atomic mass is 32.2. The molecule has 1 amide bonds. The Hall–Kier alpha value is -1.91. The van der Waals surface area contributed by atoms with Crippen LogP contribution in [0.3, 0.4) is 0 Å². The second-order valence-corrected chi connectivity index (χ2v) is 15.0. The van der Waals surface area contributed by atoms with Gasteiger partial charge in [-0.2, -0.15) is 0 Å². The van der Waals surface area contributed by atoms with Crippen LogP contribution in [0, 0.1) is 16.0 Å². The molecule has 2 rings (SSSR count). The molecule has 1 aliphatic rings. The number of hydrogen-bond donors (Lipinski definition) is 0. The molecule has 0 aromatic heterocycles. The lowest BCUT2D eigenvalue weighted by Gasteiger charge is -2.50. The first-order valence-electron chi connectivity index (χ1n) is 10.2. The highest BCUT2D eigenvalue weighted by Crippen LogP contribution is 2.42. The van der Waals surface area contributed by atoms with Gasteiger partial charge in [-0.05, 0) is 49.0 Å². The van der Waals surface area contributed by atoms with E-state index >= 15 is 0 Å². The Balaban J connectivity index is 1.91. The zero-order chi connectivity index (χ0) is 23.6. The van der Waals surface area contributed by atoms with E-state index in [1.807, 2.05) is 13.2 Å². The second-order valence-electron chi connectivity index (χ2n) is 9.29. The number of carbonyl (C=O) groups is 2. The highest BCUT2D eigenvalue weighted by Gasteiger charge is 2.52. The van der Waals surface area contributed by atoms with Gasteiger partial charge in [0.2, 0.25) is 5.91 Å². The number of likely N-dealkylation sites (tertiary alicyclic amines) is 1. The lowest BCUT2D eigenvalue weighted by molar-refractivity contribution is -0.384. The van der Waals surface area contributed by atoms with Gasteiger partial charge in [0, 0.05) is 12.1 Å². The molecule has 172 valence electrons. The number of amides is 1. The van der Waals surface area contributed by atoms with Crippen molar-refractivity contribution in [3.05, 3.63) is 39.9 Å². The number of hydrogen-bond acceptors (Lipinski definition) is 7. The molecule has 1 saturated heterocycles. The normalized spacial score (nSPS) is 20.2. The summed E-state index contributed by atoms with van der Waals surface area (Å²) in [6.07, 6.45) is 1.69. The summed E-state index contributed by atoms with van der Waals surface area (Å²) < 4.78 is 11.7. The molecule has 3 atom stereocenters.